The molecular formula is C16H17FN2O2. The summed E-state index contributed by atoms with van der Waals surface area (Å²) >= 11 is 0. The summed E-state index contributed by atoms with van der Waals surface area (Å²) in [5.41, 5.74) is 7.56. The Kier molecular flexibility index (Phi) is 4.55. The van der Waals surface area contributed by atoms with Crippen molar-refractivity contribution in [1.29, 1.82) is 0 Å². The van der Waals surface area contributed by atoms with E-state index in [0.717, 1.165) is 5.56 Å². The molecule has 1 amide bonds. The molecule has 0 heterocycles. The summed E-state index contributed by atoms with van der Waals surface area (Å²) in [6.07, 6.45) is 0. The van der Waals surface area contributed by atoms with Crippen molar-refractivity contribution >= 4 is 11.6 Å². The van der Waals surface area contributed by atoms with Crippen molar-refractivity contribution in [3.63, 3.8) is 0 Å². The lowest BCUT2D eigenvalue weighted by atomic mass is 10.1. The minimum atomic E-state index is -0.509. The average Bonchev–Trinajstić information content (AvgIpc) is 2.49. The van der Waals surface area contributed by atoms with Gasteiger partial charge in [0.05, 0.1) is 12.8 Å². The maximum atomic E-state index is 13.8. The molecule has 0 aliphatic carbocycles. The SMILES string of the molecule is COc1cc(C(=O)Nc2ccc(CN)cc2F)ccc1C. The van der Waals surface area contributed by atoms with E-state index in [1.165, 1.54) is 19.2 Å². The van der Waals surface area contributed by atoms with Gasteiger partial charge in [-0.15, -0.1) is 0 Å². The number of ether oxygens (including phenoxy) is 1. The van der Waals surface area contributed by atoms with Gasteiger partial charge in [0.2, 0.25) is 0 Å². The van der Waals surface area contributed by atoms with Gasteiger partial charge in [0.25, 0.3) is 5.91 Å². The van der Waals surface area contributed by atoms with Crippen LogP contribution in [0.4, 0.5) is 10.1 Å². The molecule has 4 nitrogen and oxygen atoms in total. The third-order valence-electron chi connectivity index (χ3n) is 3.19. The van der Waals surface area contributed by atoms with Crippen molar-refractivity contribution in [1.82, 2.24) is 0 Å². The van der Waals surface area contributed by atoms with Gasteiger partial charge in [0, 0.05) is 12.1 Å². The summed E-state index contributed by atoms with van der Waals surface area (Å²) in [5.74, 6) is -0.292. The zero-order valence-corrected chi connectivity index (χ0v) is 11.9. The lowest BCUT2D eigenvalue weighted by Gasteiger charge is -2.10. The van der Waals surface area contributed by atoms with Crippen LogP contribution in [0.1, 0.15) is 21.5 Å². The molecule has 0 bridgehead atoms. The predicted molar refractivity (Wildman–Crippen MR) is 80.0 cm³/mol. The van der Waals surface area contributed by atoms with E-state index in [1.807, 2.05) is 6.92 Å². The Labute approximate surface area is 122 Å². The molecule has 0 saturated carbocycles. The molecule has 110 valence electrons. The molecule has 0 atom stereocenters. The Bertz CT molecular complexity index is 671. The molecule has 21 heavy (non-hydrogen) atoms. The molecule has 0 radical (unpaired) electrons. The first-order chi connectivity index (χ1) is 10.0. The summed E-state index contributed by atoms with van der Waals surface area (Å²) in [5, 5.41) is 2.54. The van der Waals surface area contributed by atoms with Gasteiger partial charge in [-0.05, 0) is 42.3 Å². The molecule has 5 heteroatoms. The highest BCUT2D eigenvalue weighted by Gasteiger charge is 2.11. The molecule has 0 unspecified atom stereocenters. The molecule has 3 N–H and O–H groups in total. The van der Waals surface area contributed by atoms with Gasteiger partial charge in [-0.25, -0.2) is 4.39 Å². The van der Waals surface area contributed by atoms with Gasteiger partial charge >= 0.3 is 0 Å². The number of hydrogen-bond donors (Lipinski definition) is 2. The highest BCUT2D eigenvalue weighted by Crippen LogP contribution is 2.21. The van der Waals surface area contributed by atoms with Gasteiger partial charge < -0.3 is 15.8 Å². The summed E-state index contributed by atoms with van der Waals surface area (Å²) in [6.45, 7) is 2.13. The van der Waals surface area contributed by atoms with E-state index in [-0.39, 0.29) is 12.2 Å². The molecule has 2 aromatic carbocycles. The summed E-state index contributed by atoms with van der Waals surface area (Å²) < 4.78 is 19.0. The summed E-state index contributed by atoms with van der Waals surface area (Å²) in [6, 6.07) is 9.55. The number of anilines is 1. The van der Waals surface area contributed by atoms with Crippen molar-refractivity contribution < 1.29 is 13.9 Å². The van der Waals surface area contributed by atoms with E-state index in [4.69, 9.17) is 10.5 Å². The topological polar surface area (TPSA) is 64.3 Å². The number of nitrogens with one attached hydrogen (secondary N) is 1. The van der Waals surface area contributed by atoms with Crippen LogP contribution in [0, 0.1) is 12.7 Å². The third-order valence-corrected chi connectivity index (χ3v) is 3.19. The molecule has 0 spiro atoms. The molecular weight excluding hydrogens is 271 g/mol. The fraction of sp³-hybridized carbons (Fsp3) is 0.188. The van der Waals surface area contributed by atoms with Gasteiger partial charge in [0.1, 0.15) is 11.6 Å². The Morgan fingerprint density at radius 2 is 2.05 bits per heavy atom. The Morgan fingerprint density at radius 1 is 1.29 bits per heavy atom. The number of amides is 1. The van der Waals surface area contributed by atoms with Gasteiger partial charge in [-0.2, -0.15) is 0 Å². The van der Waals surface area contributed by atoms with E-state index in [0.29, 0.717) is 16.9 Å². The summed E-state index contributed by atoms with van der Waals surface area (Å²) in [7, 11) is 1.54. The average molecular weight is 288 g/mol. The first-order valence-electron chi connectivity index (χ1n) is 6.49. The van der Waals surface area contributed by atoms with Gasteiger partial charge in [-0.3, -0.25) is 4.79 Å². The fourth-order valence-electron chi connectivity index (χ4n) is 1.94. The molecule has 2 aromatic rings. The normalized spacial score (nSPS) is 10.3. The molecule has 0 saturated heterocycles. The lowest BCUT2D eigenvalue weighted by molar-refractivity contribution is 0.102. The number of halogens is 1. The standard InChI is InChI=1S/C16H17FN2O2/c1-10-3-5-12(8-15(10)21-2)16(20)19-14-6-4-11(9-18)7-13(14)17/h3-8H,9,18H2,1-2H3,(H,19,20). The maximum absolute atomic E-state index is 13.8. The van der Waals surface area contributed by atoms with E-state index < -0.39 is 11.7 Å². The Balaban J connectivity index is 2.22. The van der Waals surface area contributed by atoms with Crippen molar-refractivity contribution in [2.24, 2.45) is 5.73 Å². The number of nitrogens with two attached hydrogens (primary N) is 1. The quantitative estimate of drug-likeness (QED) is 0.909. The van der Waals surface area contributed by atoms with Crippen LogP contribution in [0.3, 0.4) is 0 Å². The second-order valence-corrected chi connectivity index (χ2v) is 4.66. The predicted octanol–water partition coefficient (Wildman–Crippen LogP) is 2.85. The molecule has 2 rings (SSSR count). The number of rotatable bonds is 4. The minimum Gasteiger partial charge on any atom is -0.496 e. The van der Waals surface area contributed by atoms with Crippen molar-refractivity contribution in [3.8, 4) is 5.75 Å². The van der Waals surface area contributed by atoms with Gasteiger partial charge in [0.15, 0.2) is 0 Å². The fourth-order valence-corrected chi connectivity index (χ4v) is 1.94. The van der Waals surface area contributed by atoms with Gasteiger partial charge in [-0.1, -0.05) is 12.1 Å². The van der Waals surface area contributed by atoms with E-state index in [2.05, 4.69) is 5.32 Å². The van der Waals surface area contributed by atoms with Crippen LogP contribution < -0.4 is 15.8 Å². The van der Waals surface area contributed by atoms with Crippen LogP contribution in [0.5, 0.6) is 5.75 Å². The number of aryl methyl sites for hydroxylation is 1. The monoisotopic (exact) mass is 288 g/mol. The van der Waals surface area contributed by atoms with E-state index in [9.17, 15) is 9.18 Å². The van der Waals surface area contributed by atoms with Crippen LogP contribution in [-0.4, -0.2) is 13.0 Å². The second kappa shape index (κ2) is 6.37. The number of methoxy groups -OCH3 is 1. The smallest absolute Gasteiger partial charge is 0.255 e. The largest absolute Gasteiger partial charge is 0.496 e. The molecule has 0 aliphatic heterocycles. The lowest BCUT2D eigenvalue weighted by Crippen LogP contribution is -2.13. The van der Waals surface area contributed by atoms with Crippen LogP contribution in [-0.2, 0) is 6.54 Å². The third kappa shape index (κ3) is 3.38. The number of carbonyl (C=O) groups excluding carboxylic acids is 1. The van der Waals surface area contributed by atoms with Crippen LogP contribution >= 0.6 is 0 Å². The number of benzene rings is 2. The maximum Gasteiger partial charge on any atom is 0.255 e. The van der Waals surface area contributed by atoms with E-state index in [1.54, 1.807) is 24.3 Å². The van der Waals surface area contributed by atoms with Crippen molar-refractivity contribution in [3.05, 3.63) is 58.9 Å². The number of hydrogen-bond acceptors (Lipinski definition) is 3. The zero-order valence-electron chi connectivity index (χ0n) is 11.9. The molecule has 0 fully saturated rings. The second-order valence-electron chi connectivity index (χ2n) is 4.66. The number of carbonyl (C=O) groups is 1. The zero-order chi connectivity index (χ0) is 15.4. The Morgan fingerprint density at radius 3 is 2.67 bits per heavy atom. The first kappa shape index (κ1) is 15.0. The summed E-state index contributed by atoms with van der Waals surface area (Å²) in [4.78, 5) is 12.1. The first-order valence-corrected chi connectivity index (χ1v) is 6.49. The molecule has 0 aromatic heterocycles. The highest BCUT2D eigenvalue weighted by molar-refractivity contribution is 6.04. The van der Waals surface area contributed by atoms with E-state index >= 15 is 0 Å². The Hall–Kier alpha value is -2.40. The minimum absolute atomic E-state index is 0.122. The van der Waals surface area contributed by atoms with Crippen molar-refractivity contribution in [2.45, 2.75) is 13.5 Å². The van der Waals surface area contributed by atoms with Crippen LogP contribution in [0.15, 0.2) is 36.4 Å². The molecule has 0 aliphatic rings. The highest BCUT2D eigenvalue weighted by atomic mass is 19.1. The van der Waals surface area contributed by atoms with Crippen LogP contribution in [0.2, 0.25) is 0 Å². The van der Waals surface area contributed by atoms with Crippen molar-refractivity contribution in [2.75, 3.05) is 12.4 Å². The van der Waals surface area contributed by atoms with Crippen LogP contribution in [0.25, 0.3) is 0 Å².